The van der Waals surface area contributed by atoms with Crippen LogP contribution in [0.4, 0.5) is 5.69 Å². The van der Waals surface area contributed by atoms with E-state index in [-0.39, 0.29) is 6.04 Å². The third-order valence-electron chi connectivity index (χ3n) is 3.06. The first-order valence-electron chi connectivity index (χ1n) is 6.84. The van der Waals surface area contributed by atoms with Crippen LogP contribution < -0.4 is 10.1 Å². The average Bonchev–Trinajstić information content (AvgIpc) is 2.48. The van der Waals surface area contributed by atoms with Crippen molar-refractivity contribution in [3.8, 4) is 5.88 Å². The van der Waals surface area contributed by atoms with E-state index < -0.39 is 0 Å². The Labute approximate surface area is 124 Å². The zero-order valence-corrected chi connectivity index (χ0v) is 12.5. The molecule has 0 radical (unpaired) electrons. The summed E-state index contributed by atoms with van der Waals surface area (Å²) >= 11 is 5.94. The monoisotopic (exact) mass is 290 g/mol. The van der Waals surface area contributed by atoms with E-state index in [1.54, 1.807) is 6.20 Å². The second-order valence-corrected chi connectivity index (χ2v) is 4.88. The van der Waals surface area contributed by atoms with Crippen LogP contribution in [-0.4, -0.2) is 11.6 Å². The van der Waals surface area contributed by atoms with Crippen LogP contribution in [0.15, 0.2) is 42.6 Å². The van der Waals surface area contributed by atoms with Gasteiger partial charge in [0.25, 0.3) is 0 Å². The number of benzene rings is 1. The summed E-state index contributed by atoms with van der Waals surface area (Å²) in [6, 6.07) is 12.0. The highest BCUT2D eigenvalue weighted by Gasteiger charge is 2.12. The van der Waals surface area contributed by atoms with E-state index in [0.29, 0.717) is 12.5 Å². The molecule has 0 aliphatic heterocycles. The summed E-state index contributed by atoms with van der Waals surface area (Å²) in [4.78, 5) is 4.26. The molecule has 1 N–H and O–H groups in total. The Hall–Kier alpha value is -1.74. The Kier molecular flexibility index (Phi) is 5.24. The van der Waals surface area contributed by atoms with Gasteiger partial charge in [-0.05, 0) is 43.2 Å². The second kappa shape index (κ2) is 7.15. The molecule has 4 heteroatoms. The molecule has 0 bridgehead atoms. The minimum Gasteiger partial charge on any atom is -0.476 e. The fourth-order valence-corrected chi connectivity index (χ4v) is 2.18. The molecule has 1 heterocycles. The fourth-order valence-electron chi connectivity index (χ4n) is 2.06. The van der Waals surface area contributed by atoms with Gasteiger partial charge >= 0.3 is 0 Å². The molecule has 0 amide bonds. The zero-order chi connectivity index (χ0) is 14.4. The summed E-state index contributed by atoms with van der Waals surface area (Å²) < 4.78 is 5.54. The first kappa shape index (κ1) is 14.7. The van der Waals surface area contributed by atoms with Crippen LogP contribution in [0.1, 0.15) is 31.9 Å². The highest BCUT2D eigenvalue weighted by Crippen LogP contribution is 2.28. The Morgan fingerprint density at radius 2 is 1.95 bits per heavy atom. The molecule has 0 saturated heterocycles. The van der Waals surface area contributed by atoms with Crippen LogP contribution in [0.5, 0.6) is 5.88 Å². The van der Waals surface area contributed by atoms with Crippen molar-refractivity contribution in [3.05, 3.63) is 53.2 Å². The van der Waals surface area contributed by atoms with E-state index in [1.807, 2.05) is 43.3 Å². The SMILES string of the molecule is CCOc1ncccc1NC(CC)c1ccc(Cl)cc1. The minimum absolute atomic E-state index is 0.204. The lowest BCUT2D eigenvalue weighted by molar-refractivity contribution is 0.328. The number of ether oxygens (including phenoxy) is 1. The van der Waals surface area contributed by atoms with Crippen molar-refractivity contribution in [2.75, 3.05) is 11.9 Å². The van der Waals surface area contributed by atoms with Crippen LogP contribution in [0.25, 0.3) is 0 Å². The Morgan fingerprint density at radius 3 is 2.60 bits per heavy atom. The van der Waals surface area contributed by atoms with Gasteiger partial charge in [0.05, 0.1) is 18.3 Å². The lowest BCUT2D eigenvalue weighted by atomic mass is 10.0. The molecule has 0 aliphatic carbocycles. The number of hydrogen-bond acceptors (Lipinski definition) is 3. The summed E-state index contributed by atoms with van der Waals surface area (Å²) in [6.45, 7) is 4.70. The van der Waals surface area contributed by atoms with Gasteiger partial charge in [0, 0.05) is 11.2 Å². The van der Waals surface area contributed by atoms with Crippen LogP contribution in [0.3, 0.4) is 0 Å². The number of anilines is 1. The molecule has 1 aromatic carbocycles. The quantitative estimate of drug-likeness (QED) is 0.837. The number of nitrogens with one attached hydrogen (secondary N) is 1. The zero-order valence-electron chi connectivity index (χ0n) is 11.8. The summed E-state index contributed by atoms with van der Waals surface area (Å²) in [6.07, 6.45) is 2.70. The predicted octanol–water partition coefficient (Wildman–Crippen LogP) is 4.70. The van der Waals surface area contributed by atoms with E-state index in [4.69, 9.17) is 16.3 Å². The molecular formula is C16H19ClN2O. The maximum atomic E-state index is 5.94. The van der Waals surface area contributed by atoms with E-state index in [9.17, 15) is 0 Å². The molecule has 106 valence electrons. The van der Waals surface area contributed by atoms with E-state index >= 15 is 0 Å². The summed E-state index contributed by atoms with van der Waals surface area (Å²) in [7, 11) is 0. The van der Waals surface area contributed by atoms with Crippen molar-refractivity contribution in [2.24, 2.45) is 0 Å². The summed E-state index contributed by atoms with van der Waals surface area (Å²) in [5.74, 6) is 0.641. The van der Waals surface area contributed by atoms with Crippen LogP contribution in [0.2, 0.25) is 5.02 Å². The second-order valence-electron chi connectivity index (χ2n) is 4.45. The number of rotatable bonds is 6. The normalized spacial score (nSPS) is 11.9. The van der Waals surface area contributed by atoms with E-state index in [0.717, 1.165) is 17.1 Å². The van der Waals surface area contributed by atoms with Gasteiger partial charge in [0.15, 0.2) is 0 Å². The highest BCUT2D eigenvalue weighted by atomic mass is 35.5. The summed E-state index contributed by atoms with van der Waals surface area (Å²) in [5.41, 5.74) is 2.11. The van der Waals surface area contributed by atoms with Gasteiger partial charge < -0.3 is 10.1 Å². The smallest absolute Gasteiger partial charge is 0.237 e. The molecule has 0 saturated carbocycles. The Morgan fingerprint density at radius 1 is 1.20 bits per heavy atom. The highest BCUT2D eigenvalue weighted by molar-refractivity contribution is 6.30. The van der Waals surface area contributed by atoms with Gasteiger partial charge in [-0.25, -0.2) is 4.98 Å². The maximum Gasteiger partial charge on any atom is 0.237 e. The molecular weight excluding hydrogens is 272 g/mol. The first-order chi connectivity index (χ1) is 9.74. The van der Waals surface area contributed by atoms with Gasteiger partial charge in [0.1, 0.15) is 0 Å². The fraction of sp³-hybridized carbons (Fsp3) is 0.312. The molecule has 0 spiro atoms. The van der Waals surface area contributed by atoms with E-state index in [1.165, 1.54) is 5.56 Å². The standard InChI is InChI=1S/C16H19ClN2O/c1-3-14(12-7-9-13(17)10-8-12)19-15-6-5-11-18-16(15)20-4-2/h5-11,14,19H,3-4H2,1-2H3. The Bertz CT molecular complexity index is 542. The molecule has 0 fully saturated rings. The van der Waals surface area contributed by atoms with Crippen molar-refractivity contribution >= 4 is 17.3 Å². The van der Waals surface area contributed by atoms with Gasteiger partial charge in [-0.3, -0.25) is 0 Å². The molecule has 2 aromatic rings. The molecule has 0 aliphatic rings. The number of aromatic nitrogens is 1. The molecule has 1 unspecified atom stereocenters. The Balaban J connectivity index is 2.20. The van der Waals surface area contributed by atoms with Crippen molar-refractivity contribution in [1.29, 1.82) is 0 Å². The maximum absolute atomic E-state index is 5.94. The van der Waals surface area contributed by atoms with E-state index in [2.05, 4.69) is 17.2 Å². The third kappa shape index (κ3) is 3.64. The first-order valence-corrected chi connectivity index (χ1v) is 7.22. The van der Waals surface area contributed by atoms with Crippen LogP contribution >= 0.6 is 11.6 Å². The van der Waals surface area contributed by atoms with Crippen LogP contribution in [0, 0.1) is 0 Å². The van der Waals surface area contributed by atoms with Crippen LogP contribution in [-0.2, 0) is 0 Å². The molecule has 20 heavy (non-hydrogen) atoms. The predicted molar refractivity (Wildman–Crippen MR) is 83.5 cm³/mol. The molecule has 3 nitrogen and oxygen atoms in total. The molecule has 2 rings (SSSR count). The molecule has 1 aromatic heterocycles. The van der Waals surface area contributed by atoms with Gasteiger partial charge in [0.2, 0.25) is 5.88 Å². The largest absolute Gasteiger partial charge is 0.476 e. The van der Waals surface area contributed by atoms with Crippen molar-refractivity contribution in [3.63, 3.8) is 0 Å². The summed E-state index contributed by atoms with van der Waals surface area (Å²) in [5, 5.41) is 4.24. The topological polar surface area (TPSA) is 34.1 Å². The van der Waals surface area contributed by atoms with Crippen molar-refractivity contribution in [2.45, 2.75) is 26.3 Å². The number of nitrogens with zero attached hydrogens (tertiary/aromatic N) is 1. The van der Waals surface area contributed by atoms with Gasteiger partial charge in [-0.15, -0.1) is 0 Å². The van der Waals surface area contributed by atoms with Gasteiger partial charge in [-0.1, -0.05) is 30.7 Å². The number of halogens is 1. The number of hydrogen-bond donors (Lipinski definition) is 1. The molecule has 1 atom stereocenters. The van der Waals surface area contributed by atoms with Crippen molar-refractivity contribution in [1.82, 2.24) is 4.98 Å². The van der Waals surface area contributed by atoms with Crippen molar-refractivity contribution < 1.29 is 4.74 Å². The number of pyridine rings is 1. The average molecular weight is 291 g/mol. The lowest BCUT2D eigenvalue weighted by Gasteiger charge is -2.20. The van der Waals surface area contributed by atoms with Gasteiger partial charge in [-0.2, -0.15) is 0 Å². The third-order valence-corrected chi connectivity index (χ3v) is 3.31. The minimum atomic E-state index is 0.204. The lowest BCUT2D eigenvalue weighted by Crippen LogP contribution is -2.11.